The number of hydrogen-bond donors (Lipinski definition) is 4. The summed E-state index contributed by atoms with van der Waals surface area (Å²) in [6.45, 7) is 1.49. The average Bonchev–Trinajstić information content (AvgIpc) is 2.83. The summed E-state index contributed by atoms with van der Waals surface area (Å²) in [5.41, 5.74) is 0. The number of furan rings is 1. The molecule has 0 aromatic carbocycles. The van der Waals surface area contributed by atoms with Crippen molar-refractivity contribution in [1.29, 1.82) is 0 Å². The van der Waals surface area contributed by atoms with Crippen LogP contribution in [0.5, 0.6) is 0 Å². The molecule has 0 spiro atoms. The maximum absolute atomic E-state index is 10.5. The van der Waals surface area contributed by atoms with Crippen molar-refractivity contribution in [3.8, 4) is 0 Å². The summed E-state index contributed by atoms with van der Waals surface area (Å²) in [6, 6.07) is 4.01. The first-order valence-corrected chi connectivity index (χ1v) is 7.83. The number of nitrogens with zero attached hydrogens (tertiary/aromatic N) is 1. The Bertz CT molecular complexity index is 435. The fourth-order valence-corrected chi connectivity index (χ4v) is 2.41. The van der Waals surface area contributed by atoms with Crippen LogP contribution in [-0.2, 0) is 12.3 Å². The monoisotopic (exact) mass is 316 g/mol. The van der Waals surface area contributed by atoms with E-state index in [4.69, 9.17) is 9.62 Å². The summed E-state index contributed by atoms with van der Waals surface area (Å²) in [5, 5.41) is 24.1. The zero-order chi connectivity index (χ0) is 15.7. The molecule has 1 atom stereocenters. The normalized spacial score (nSPS) is 13.5. The Hall–Kier alpha value is -1.19. The second kappa shape index (κ2) is 9.69. The van der Waals surface area contributed by atoms with Crippen LogP contribution in [0.3, 0.4) is 0 Å². The molecule has 21 heavy (non-hydrogen) atoms. The van der Waals surface area contributed by atoms with Crippen molar-refractivity contribution in [2.75, 3.05) is 33.4 Å². The quantitative estimate of drug-likeness (QED) is 0.356. The molecule has 0 saturated carbocycles. The van der Waals surface area contributed by atoms with Gasteiger partial charge in [-0.25, -0.2) is 5.21 Å². The number of rotatable bonds is 10. The van der Waals surface area contributed by atoms with Crippen LogP contribution in [0.25, 0.3) is 0 Å². The van der Waals surface area contributed by atoms with Gasteiger partial charge in [-0.15, -0.1) is 0 Å². The van der Waals surface area contributed by atoms with Gasteiger partial charge in [0.2, 0.25) is 0 Å². The van der Waals surface area contributed by atoms with E-state index in [1.165, 1.54) is 0 Å². The molecular weight excluding hydrogens is 292 g/mol. The Morgan fingerprint density at radius 1 is 1.48 bits per heavy atom. The molecule has 1 aromatic heterocycles. The van der Waals surface area contributed by atoms with Crippen LogP contribution in [0.4, 0.5) is 0 Å². The van der Waals surface area contributed by atoms with Crippen molar-refractivity contribution >= 4 is 11.8 Å². The van der Waals surface area contributed by atoms with Gasteiger partial charge in [-0.2, -0.15) is 17.0 Å². The fraction of sp³-hybridized carbons (Fsp3) is 0.538. The zero-order valence-corrected chi connectivity index (χ0v) is 13.5. The highest BCUT2D eigenvalue weighted by Crippen LogP contribution is 2.15. The highest BCUT2D eigenvalue weighted by atomic mass is 32.2. The van der Waals surface area contributed by atoms with Crippen molar-refractivity contribution in [3.05, 3.63) is 40.9 Å². The van der Waals surface area contributed by atoms with E-state index >= 15 is 0 Å². The summed E-state index contributed by atoms with van der Waals surface area (Å²) in [4.78, 5) is 2.06. The summed E-state index contributed by atoms with van der Waals surface area (Å²) in [5.74, 6) is 4.12. The standard InChI is InChI=1S/C13H24N4O3S/c1-14-13(9-17(18)19)15-6-7-21-10-12-5-4-11(20-12)8-16(2)3/h4-5,9,14-15,17-18H,6-8,10H2,1-3H3. The molecule has 0 bridgehead atoms. The van der Waals surface area contributed by atoms with Gasteiger partial charge in [0.25, 0.3) is 0 Å². The first-order chi connectivity index (χ1) is 10.0. The van der Waals surface area contributed by atoms with Gasteiger partial charge in [-0.1, -0.05) is 0 Å². The Labute approximate surface area is 129 Å². The van der Waals surface area contributed by atoms with Gasteiger partial charge in [0.15, 0.2) is 12.0 Å². The maximum Gasteiger partial charge on any atom is 0.167 e. The minimum absolute atomic E-state index is 0.509. The lowest BCUT2D eigenvalue weighted by molar-refractivity contribution is -1.00. The second-order valence-corrected chi connectivity index (χ2v) is 5.84. The summed E-state index contributed by atoms with van der Waals surface area (Å²) in [6.07, 6.45) is 1.12. The predicted molar refractivity (Wildman–Crippen MR) is 83.5 cm³/mol. The first kappa shape index (κ1) is 17.9. The molecule has 0 aliphatic heterocycles. The Morgan fingerprint density at radius 2 is 2.19 bits per heavy atom. The van der Waals surface area contributed by atoms with E-state index in [1.807, 2.05) is 26.2 Å². The third-order valence-corrected chi connectivity index (χ3v) is 3.51. The van der Waals surface area contributed by atoms with Crippen LogP contribution < -0.4 is 15.9 Å². The molecule has 1 heterocycles. The van der Waals surface area contributed by atoms with Gasteiger partial charge in [0.1, 0.15) is 11.5 Å². The molecule has 1 rings (SSSR count). The third-order valence-electron chi connectivity index (χ3n) is 2.53. The van der Waals surface area contributed by atoms with Gasteiger partial charge >= 0.3 is 0 Å². The molecule has 1 unspecified atom stereocenters. The number of nitrogens with one attached hydrogen (secondary N) is 3. The minimum atomic E-state index is -0.969. The number of thioether (sulfide) groups is 1. The van der Waals surface area contributed by atoms with Crippen LogP contribution in [0.2, 0.25) is 0 Å². The van der Waals surface area contributed by atoms with Crippen molar-refractivity contribution in [2.45, 2.75) is 12.3 Å². The van der Waals surface area contributed by atoms with Crippen LogP contribution in [-0.4, -0.2) is 43.5 Å². The van der Waals surface area contributed by atoms with Crippen molar-refractivity contribution < 1.29 is 14.9 Å². The van der Waals surface area contributed by atoms with Crippen molar-refractivity contribution in [1.82, 2.24) is 15.5 Å². The van der Waals surface area contributed by atoms with E-state index in [-0.39, 0.29) is 0 Å². The lowest BCUT2D eigenvalue weighted by Crippen LogP contribution is -2.99. The van der Waals surface area contributed by atoms with E-state index in [2.05, 4.69) is 15.5 Å². The molecule has 0 aliphatic carbocycles. The van der Waals surface area contributed by atoms with Crippen molar-refractivity contribution in [3.63, 3.8) is 0 Å². The predicted octanol–water partition coefficient (Wildman–Crippen LogP) is -0.0458. The largest absolute Gasteiger partial charge is 0.595 e. The zero-order valence-electron chi connectivity index (χ0n) is 12.7. The summed E-state index contributed by atoms with van der Waals surface area (Å²) < 4.78 is 5.71. The molecule has 8 heteroatoms. The van der Waals surface area contributed by atoms with E-state index in [0.717, 1.165) is 35.8 Å². The molecule has 0 fully saturated rings. The Balaban J connectivity index is 2.20. The van der Waals surface area contributed by atoms with E-state index in [1.54, 1.807) is 18.8 Å². The summed E-state index contributed by atoms with van der Waals surface area (Å²) in [7, 11) is 5.70. The van der Waals surface area contributed by atoms with Crippen LogP contribution in [0, 0.1) is 5.21 Å². The van der Waals surface area contributed by atoms with E-state index in [0.29, 0.717) is 12.4 Å². The topological polar surface area (TPSA) is 88.2 Å². The van der Waals surface area contributed by atoms with E-state index in [9.17, 15) is 5.21 Å². The average molecular weight is 316 g/mol. The van der Waals surface area contributed by atoms with E-state index < -0.39 is 5.23 Å². The highest BCUT2D eigenvalue weighted by Gasteiger charge is 2.03. The highest BCUT2D eigenvalue weighted by molar-refractivity contribution is 7.98. The SMILES string of the molecule is CNC(=C[NH+]([O-])O)NCCSCc1ccc(CN(C)C)o1. The number of quaternary nitrogens is 1. The second-order valence-electron chi connectivity index (χ2n) is 4.73. The number of hydrogen-bond acceptors (Lipinski definition) is 7. The first-order valence-electron chi connectivity index (χ1n) is 6.67. The van der Waals surface area contributed by atoms with Gasteiger partial charge in [0, 0.05) is 19.3 Å². The van der Waals surface area contributed by atoms with Gasteiger partial charge in [-0.3, -0.25) is 0 Å². The van der Waals surface area contributed by atoms with Crippen LogP contribution in [0.15, 0.2) is 28.6 Å². The fourth-order valence-electron chi connectivity index (χ4n) is 1.66. The molecule has 0 saturated heterocycles. The van der Waals surface area contributed by atoms with Crippen molar-refractivity contribution in [2.24, 2.45) is 0 Å². The molecule has 120 valence electrons. The molecule has 4 N–H and O–H groups in total. The molecule has 0 amide bonds. The van der Waals surface area contributed by atoms with Gasteiger partial charge in [0.05, 0.1) is 12.3 Å². The molecule has 7 nitrogen and oxygen atoms in total. The third kappa shape index (κ3) is 7.98. The van der Waals surface area contributed by atoms with Crippen LogP contribution >= 0.6 is 11.8 Å². The maximum atomic E-state index is 10.5. The molecule has 0 aliphatic rings. The Kier molecular flexibility index (Phi) is 8.24. The van der Waals surface area contributed by atoms with Gasteiger partial charge < -0.3 is 25.2 Å². The molecule has 1 aromatic rings. The van der Waals surface area contributed by atoms with Crippen LogP contribution in [0.1, 0.15) is 11.5 Å². The Morgan fingerprint density at radius 3 is 2.81 bits per heavy atom. The number of hydroxylamine groups is 2. The minimum Gasteiger partial charge on any atom is -0.595 e. The summed E-state index contributed by atoms with van der Waals surface area (Å²) >= 11 is 1.74. The lowest BCUT2D eigenvalue weighted by Gasteiger charge is -2.12. The smallest absolute Gasteiger partial charge is 0.167 e. The molecular formula is C13H24N4O3S. The lowest BCUT2D eigenvalue weighted by atomic mass is 10.4. The van der Waals surface area contributed by atoms with Gasteiger partial charge in [-0.05, 0) is 26.2 Å². The molecule has 0 radical (unpaired) electrons.